The van der Waals surface area contributed by atoms with Crippen LogP contribution in [0.25, 0.3) is 22.5 Å². The molecule has 1 heterocycles. The van der Waals surface area contributed by atoms with Gasteiger partial charge in [0.15, 0.2) is 5.82 Å². The van der Waals surface area contributed by atoms with Gasteiger partial charge >= 0.3 is 0 Å². The van der Waals surface area contributed by atoms with Crippen LogP contribution in [0.15, 0.2) is 122 Å². The van der Waals surface area contributed by atoms with Crippen molar-refractivity contribution in [2.45, 2.75) is 25.7 Å². The van der Waals surface area contributed by atoms with Crippen molar-refractivity contribution in [1.82, 2.24) is 9.97 Å². The molecule has 0 saturated carbocycles. The van der Waals surface area contributed by atoms with E-state index >= 15 is 0 Å². The zero-order valence-electron chi connectivity index (χ0n) is 22.1. The number of benzene rings is 4. The molecule has 6 nitrogen and oxygen atoms in total. The highest BCUT2D eigenvalue weighted by Crippen LogP contribution is 2.23. The number of amides is 2. The lowest BCUT2D eigenvalue weighted by atomic mass is 10.1. The number of carbonyl (C=O) groups excluding carboxylic acids is 2. The average molecular weight is 527 g/mol. The Morgan fingerprint density at radius 2 is 0.925 bits per heavy atom. The molecule has 4 aromatic carbocycles. The minimum Gasteiger partial charge on any atom is -0.326 e. The summed E-state index contributed by atoms with van der Waals surface area (Å²) in [4.78, 5) is 33.7. The Bertz CT molecular complexity index is 1410. The van der Waals surface area contributed by atoms with Gasteiger partial charge in [0.05, 0.1) is 0 Å². The molecule has 40 heavy (non-hydrogen) atoms. The van der Waals surface area contributed by atoms with Crippen LogP contribution in [0.1, 0.15) is 24.0 Å². The van der Waals surface area contributed by atoms with Crippen molar-refractivity contribution in [3.8, 4) is 22.5 Å². The molecular formula is C34H30N4O2. The number of nitrogens with zero attached hydrogens (tertiary/aromatic N) is 2. The van der Waals surface area contributed by atoms with Gasteiger partial charge in [-0.15, -0.1) is 0 Å². The number of hydrogen-bond acceptors (Lipinski definition) is 4. The fraction of sp³-hybridized carbons (Fsp3) is 0.118. The molecule has 2 N–H and O–H groups in total. The maximum atomic E-state index is 12.3. The molecule has 0 bridgehead atoms. The molecular weight excluding hydrogens is 496 g/mol. The first-order valence-electron chi connectivity index (χ1n) is 13.3. The molecule has 0 unspecified atom stereocenters. The summed E-state index contributed by atoms with van der Waals surface area (Å²) in [6, 6.07) is 35.1. The summed E-state index contributed by atoms with van der Waals surface area (Å²) in [5.74, 6) is 0.574. The van der Waals surface area contributed by atoms with Crippen molar-refractivity contribution < 1.29 is 9.59 Å². The number of carbonyl (C=O) groups is 2. The second-order valence-corrected chi connectivity index (χ2v) is 9.52. The van der Waals surface area contributed by atoms with Crippen LogP contribution in [0.4, 0.5) is 11.4 Å². The lowest BCUT2D eigenvalue weighted by Crippen LogP contribution is -2.12. The Kier molecular flexibility index (Phi) is 8.69. The van der Waals surface area contributed by atoms with Crippen LogP contribution in [0.5, 0.6) is 0 Å². The van der Waals surface area contributed by atoms with Crippen molar-refractivity contribution in [2.75, 3.05) is 10.6 Å². The first kappa shape index (κ1) is 26.5. The van der Waals surface area contributed by atoms with E-state index in [-0.39, 0.29) is 11.8 Å². The van der Waals surface area contributed by atoms with Crippen LogP contribution in [-0.2, 0) is 22.4 Å². The molecule has 0 aliphatic carbocycles. The largest absolute Gasteiger partial charge is 0.326 e. The van der Waals surface area contributed by atoms with E-state index in [4.69, 9.17) is 0 Å². The van der Waals surface area contributed by atoms with Gasteiger partial charge in [-0.2, -0.15) is 0 Å². The van der Waals surface area contributed by atoms with E-state index in [0.717, 1.165) is 39.2 Å². The fourth-order valence-electron chi connectivity index (χ4n) is 4.33. The van der Waals surface area contributed by atoms with E-state index in [1.807, 2.05) is 109 Å². The third-order valence-corrected chi connectivity index (χ3v) is 6.55. The summed E-state index contributed by atoms with van der Waals surface area (Å²) in [5, 5.41) is 5.90. The first-order valence-corrected chi connectivity index (χ1v) is 13.3. The second kappa shape index (κ2) is 13.1. The van der Waals surface area contributed by atoms with Gasteiger partial charge in [0.2, 0.25) is 11.8 Å². The molecule has 0 atom stereocenters. The molecule has 2 amide bonds. The third kappa shape index (κ3) is 7.48. The molecule has 198 valence electrons. The van der Waals surface area contributed by atoms with Gasteiger partial charge < -0.3 is 10.6 Å². The molecule has 0 spiro atoms. The lowest BCUT2D eigenvalue weighted by molar-refractivity contribution is -0.117. The van der Waals surface area contributed by atoms with Crippen molar-refractivity contribution >= 4 is 23.2 Å². The summed E-state index contributed by atoms with van der Waals surface area (Å²) < 4.78 is 0. The minimum absolute atomic E-state index is 0.0120. The number of nitrogens with one attached hydrogen (secondary N) is 2. The number of hydrogen-bond donors (Lipinski definition) is 2. The van der Waals surface area contributed by atoms with Crippen LogP contribution in [0.2, 0.25) is 0 Å². The van der Waals surface area contributed by atoms with Crippen LogP contribution >= 0.6 is 0 Å². The maximum Gasteiger partial charge on any atom is 0.224 e. The SMILES string of the molecule is O=C(CCc1ccccc1)Nc1ccc(-c2cnc(-c3ccc(NC(=O)CCc4ccccc4)cc3)nc2)cc1. The van der Waals surface area contributed by atoms with E-state index in [2.05, 4.69) is 20.6 Å². The van der Waals surface area contributed by atoms with E-state index in [1.54, 1.807) is 12.4 Å². The Balaban J connectivity index is 1.12. The Morgan fingerprint density at radius 1 is 0.500 bits per heavy atom. The second-order valence-electron chi connectivity index (χ2n) is 9.52. The van der Waals surface area contributed by atoms with Gasteiger partial charge in [-0.05, 0) is 65.9 Å². The maximum absolute atomic E-state index is 12.3. The minimum atomic E-state index is -0.0185. The first-order chi connectivity index (χ1) is 19.6. The molecule has 6 heteroatoms. The van der Waals surface area contributed by atoms with Gasteiger partial charge in [-0.25, -0.2) is 9.97 Å². The molecule has 0 saturated heterocycles. The molecule has 0 aliphatic heterocycles. The van der Waals surface area contributed by atoms with Crippen LogP contribution < -0.4 is 10.6 Å². The van der Waals surface area contributed by atoms with Crippen LogP contribution in [-0.4, -0.2) is 21.8 Å². The summed E-state index contributed by atoms with van der Waals surface area (Å²) in [5.41, 5.74) is 6.49. The molecule has 0 fully saturated rings. The van der Waals surface area contributed by atoms with Crippen LogP contribution in [0, 0.1) is 0 Å². The van der Waals surface area contributed by atoms with Crippen molar-refractivity contribution in [2.24, 2.45) is 0 Å². The van der Waals surface area contributed by atoms with Gasteiger partial charge in [0.25, 0.3) is 0 Å². The summed E-state index contributed by atoms with van der Waals surface area (Å²) in [6.07, 6.45) is 5.85. The highest BCUT2D eigenvalue weighted by molar-refractivity contribution is 5.91. The smallest absolute Gasteiger partial charge is 0.224 e. The summed E-state index contributed by atoms with van der Waals surface area (Å²) in [6.45, 7) is 0. The number of aryl methyl sites for hydroxylation is 2. The summed E-state index contributed by atoms with van der Waals surface area (Å²) >= 11 is 0. The zero-order valence-corrected chi connectivity index (χ0v) is 22.1. The predicted molar refractivity (Wildman–Crippen MR) is 160 cm³/mol. The van der Waals surface area contributed by atoms with Crippen molar-refractivity contribution in [3.05, 3.63) is 133 Å². The normalized spacial score (nSPS) is 10.6. The van der Waals surface area contributed by atoms with E-state index in [1.165, 1.54) is 0 Å². The molecule has 5 aromatic rings. The van der Waals surface area contributed by atoms with Crippen molar-refractivity contribution in [1.29, 1.82) is 0 Å². The quantitative estimate of drug-likeness (QED) is 0.206. The Labute approximate surface area is 234 Å². The monoisotopic (exact) mass is 526 g/mol. The van der Waals surface area contributed by atoms with E-state index < -0.39 is 0 Å². The van der Waals surface area contributed by atoms with Crippen molar-refractivity contribution in [3.63, 3.8) is 0 Å². The third-order valence-electron chi connectivity index (χ3n) is 6.55. The topological polar surface area (TPSA) is 84.0 Å². The predicted octanol–water partition coefficient (Wildman–Crippen LogP) is 6.95. The lowest BCUT2D eigenvalue weighted by Gasteiger charge is -2.08. The highest BCUT2D eigenvalue weighted by atomic mass is 16.2. The number of aromatic nitrogens is 2. The van der Waals surface area contributed by atoms with Gasteiger partial charge in [-0.1, -0.05) is 72.8 Å². The Hall–Kier alpha value is -5.10. The average Bonchev–Trinajstić information content (AvgIpc) is 3.01. The van der Waals surface area contributed by atoms with Gasteiger partial charge in [0, 0.05) is 47.7 Å². The van der Waals surface area contributed by atoms with Gasteiger partial charge in [-0.3, -0.25) is 9.59 Å². The fourth-order valence-corrected chi connectivity index (χ4v) is 4.33. The van der Waals surface area contributed by atoms with Gasteiger partial charge in [0.1, 0.15) is 0 Å². The van der Waals surface area contributed by atoms with E-state index in [0.29, 0.717) is 31.5 Å². The van der Waals surface area contributed by atoms with E-state index in [9.17, 15) is 9.59 Å². The zero-order chi connectivity index (χ0) is 27.6. The van der Waals surface area contributed by atoms with Crippen LogP contribution in [0.3, 0.4) is 0 Å². The highest BCUT2D eigenvalue weighted by Gasteiger charge is 2.08. The molecule has 5 rings (SSSR count). The Morgan fingerprint density at radius 3 is 1.38 bits per heavy atom. The number of rotatable bonds is 10. The molecule has 0 aliphatic rings. The summed E-state index contributed by atoms with van der Waals surface area (Å²) in [7, 11) is 0. The molecule has 0 radical (unpaired) electrons. The number of anilines is 2. The molecule has 1 aromatic heterocycles. The standard InChI is InChI=1S/C34H30N4O2/c39-32(21-11-25-7-3-1-4-8-25)37-30-17-13-27(14-18-30)29-23-35-34(36-24-29)28-15-19-31(20-16-28)38-33(40)22-12-26-9-5-2-6-10-26/h1-10,13-20,23-24H,11-12,21-22H2,(H,37,39)(H,38,40).